The highest BCUT2D eigenvalue weighted by Crippen LogP contribution is 2.34. The number of esters is 2. The molecule has 2 aromatic rings. The quantitative estimate of drug-likeness (QED) is 0.0785. The van der Waals surface area contributed by atoms with Crippen molar-refractivity contribution < 1.29 is 24.2 Å². The highest BCUT2D eigenvalue weighted by Gasteiger charge is 2.20. The third-order valence-corrected chi connectivity index (χ3v) is 10.1. The minimum absolute atomic E-state index is 0.0496. The Hall–Kier alpha value is -3.18. The van der Waals surface area contributed by atoms with E-state index in [0.717, 1.165) is 31.1 Å². The Kier molecular flexibility index (Phi) is 17.6. The van der Waals surface area contributed by atoms with Crippen LogP contribution in [0.1, 0.15) is 115 Å². The van der Waals surface area contributed by atoms with Crippen molar-refractivity contribution in [3.8, 4) is 11.1 Å². The molecule has 5 heteroatoms. The van der Waals surface area contributed by atoms with Crippen LogP contribution in [0.15, 0.2) is 72.8 Å². The molecule has 2 aromatic carbocycles. The molecule has 5 nitrogen and oxygen atoms in total. The molecule has 0 radical (unpaired) electrons. The number of carbonyl (C=O) groups is 2. The lowest BCUT2D eigenvalue weighted by Gasteiger charge is -2.28. The second-order valence-electron chi connectivity index (χ2n) is 13.6. The summed E-state index contributed by atoms with van der Waals surface area (Å²) in [5.41, 5.74) is 5.75. The SMILES string of the molecule is C=C(CC)C(=O)OCCC(CCCc1ccc(-c2ccc(CCC3CCC(CCCCC)CC3)cc2)cc1)CCOC(=O)C(=C)CO. The van der Waals surface area contributed by atoms with Crippen LogP contribution in [0.25, 0.3) is 11.1 Å². The average molecular weight is 645 g/mol. The Bertz CT molecular complexity index is 1190. The molecule has 0 aliphatic heterocycles. The van der Waals surface area contributed by atoms with Crippen molar-refractivity contribution in [1.29, 1.82) is 0 Å². The molecule has 3 rings (SSSR count). The van der Waals surface area contributed by atoms with Crippen LogP contribution >= 0.6 is 0 Å². The summed E-state index contributed by atoms with van der Waals surface area (Å²) in [6, 6.07) is 18.0. The van der Waals surface area contributed by atoms with Gasteiger partial charge in [0.05, 0.1) is 25.4 Å². The van der Waals surface area contributed by atoms with Gasteiger partial charge in [-0.25, -0.2) is 9.59 Å². The predicted octanol–water partition coefficient (Wildman–Crippen LogP) is 9.99. The summed E-state index contributed by atoms with van der Waals surface area (Å²) < 4.78 is 10.7. The van der Waals surface area contributed by atoms with Gasteiger partial charge in [0.25, 0.3) is 0 Å². The van der Waals surface area contributed by atoms with E-state index < -0.39 is 12.6 Å². The molecule has 0 spiro atoms. The molecule has 1 fully saturated rings. The summed E-state index contributed by atoms with van der Waals surface area (Å²) in [5, 5.41) is 9.10. The predicted molar refractivity (Wildman–Crippen MR) is 193 cm³/mol. The number of hydrogen-bond donors (Lipinski definition) is 1. The lowest BCUT2D eigenvalue weighted by Crippen LogP contribution is -2.16. The Morgan fingerprint density at radius 3 is 1.72 bits per heavy atom. The lowest BCUT2D eigenvalue weighted by molar-refractivity contribution is -0.139. The van der Waals surface area contributed by atoms with E-state index in [1.54, 1.807) is 0 Å². The van der Waals surface area contributed by atoms with Crippen molar-refractivity contribution >= 4 is 11.9 Å². The maximum atomic E-state index is 12.0. The van der Waals surface area contributed by atoms with Gasteiger partial charge in [0.15, 0.2) is 0 Å². The monoisotopic (exact) mass is 644 g/mol. The number of carbonyl (C=O) groups excluding carboxylic acids is 2. The van der Waals surface area contributed by atoms with Crippen LogP contribution in [0.2, 0.25) is 0 Å². The minimum atomic E-state index is -0.572. The molecule has 0 aromatic heterocycles. The number of hydrogen-bond acceptors (Lipinski definition) is 5. The molecule has 0 saturated heterocycles. The first-order chi connectivity index (χ1) is 22.8. The number of unbranched alkanes of at least 4 members (excludes halogenated alkanes) is 2. The molecular formula is C42H60O5. The maximum absolute atomic E-state index is 12.0. The third kappa shape index (κ3) is 14.2. The highest BCUT2D eigenvalue weighted by molar-refractivity contribution is 5.88. The maximum Gasteiger partial charge on any atom is 0.335 e. The molecule has 0 bridgehead atoms. The van der Waals surface area contributed by atoms with Gasteiger partial charge < -0.3 is 14.6 Å². The molecule has 0 amide bonds. The van der Waals surface area contributed by atoms with E-state index in [-0.39, 0.29) is 24.1 Å². The Labute approximate surface area is 284 Å². The highest BCUT2D eigenvalue weighted by atomic mass is 16.5. The summed E-state index contributed by atoms with van der Waals surface area (Å²) in [6.45, 7) is 11.6. The van der Waals surface area contributed by atoms with E-state index in [0.29, 0.717) is 31.4 Å². The van der Waals surface area contributed by atoms with E-state index in [1.807, 2.05) is 6.92 Å². The second-order valence-corrected chi connectivity index (χ2v) is 13.6. The third-order valence-electron chi connectivity index (χ3n) is 10.1. The Morgan fingerprint density at radius 2 is 1.21 bits per heavy atom. The van der Waals surface area contributed by atoms with Crippen LogP contribution in [0.4, 0.5) is 0 Å². The summed E-state index contributed by atoms with van der Waals surface area (Å²) in [7, 11) is 0. The van der Waals surface area contributed by atoms with E-state index in [2.05, 4.69) is 68.6 Å². The number of benzene rings is 2. The normalized spacial score (nSPS) is 16.7. The van der Waals surface area contributed by atoms with Gasteiger partial charge in [0.2, 0.25) is 0 Å². The van der Waals surface area contributed by atoms with Gasteiger partial charge in [-0.1, -0.05) is 127 Å². The molecular weight excluding hydrogens is 584 g/mol. The zero-order valence-electron chi connectivity index (χ0n) is 29.3. The van der Waals surface area contributed by atoms with Crippen molar-refractivity contribution in [2.45, 2.75) is 117 Å². The number of aryl methyl sites for hydroxylation is 2. The molecule has 47 heavy (non-hydrogen) atoms. The fourth-order valence-corrected chi connectivity index (χ4v) is 6.67. The number of aliphatic hydroxyl groups is 1. The van der Waals surface area contributed by atoms with Crippen molar-refractivity contribution in [2.75, 3.05) is 19.8 Å². The van der Waals surface area contributed by atoms with E-state index in [4.69, 9.17) is 14.6 Å². The first kappa shape index (κ1) is 38.3. The smallest absolute Gasteiger partial charge is 0.335 e. The molecule has 1 N–H and O–H groups in total. The summed E-state index contributed by atoms with van der Waals surface area (Å²) >= 11 is 0. The molecule has 1 aliphatic carbocycles. The van der Waals surface area contributed by atoms with Crippen LogP contribution in [0, 0.1) is 17.8 Å². The van der Waals surface area contributed by atoms with E-state index in [1.165, 1.54) is 86.5 Å². The largest absolute Gasteiger partial charge is 0.462 e. The Balaban J connectivity index is 1.42. The van der Waals surface area contributed by atoms with Gasteiger partial charge in [-0.15, -0.1) is 0 Å². The zero-order valence-corrected chi connectivity index (χ0v) is 29.3. The first-order valence-corrected chi connectivity index (χ1v) is 18.3. The van der Waals surface area contributed by atoms with Crippen molar-refractivity contribution in [3.63, 3.8) is 0 Å². The van der Waals surface area contributed by atoms with Crippen molar-refractivity contribution in [3.05, 3.63) is 84.0 Å². The van der Waals surface area contributed by atoms with E-state index in [9.17, 15) is 9.59 Å². The number of rotatable bonds is 22. The molecule has 0 heterocycles. The lowest BCUT2D eigenvalue weighted by atomic mass is 9.78. The minimum Gasteiger partial charge on any atom is -0.462 e. The number of ether oxygens (including phenoxy) is 2. The van der Waals surface area contributed by atoms with Crippen molar-refractivity contribution in [2.24, 2.45) is 17.8 Å². The van der Waals surface area contributed by atoms with Crippen LogP contribution in [-0.2, 0) is 31.9 Å². The second kappa shape index (κ2) is 21.6. The van der Waals surface area contributed by atoms with Gasteiger partial charge in [0, 0.05) is 5.57 Å². The summed E-state index contributed by atoms with van der Waals surface area (Å²) in [5.74, 6) is 1.20. The molecule has 1 atom stereocenters. The standard InChI is InChI=1S/C42H60O5/c1-5-7-8-10-34-13-15-37(16-14-34)17-18-38-21-25-40(26-22-38)39-23-19-35(20-24-39)11-9-12-36(27-29-46-41(44)32(3)6-2)28-30-47-42(45)33(4)31-43/h19-26,34,36-37,43H,3-18,27-31H2,1-2H3. The van der Waals surface area contributed by atoms with Gasteiger partial charge in [-0.2, -0.15) is 0 Å². The molecule has 1 unspecified atom stereocenters. The topological polar surface area (TPSA) is 72.8 Å². The summed E-state index contributed by atoms with van der Waals surface area (Å²) in [4.78, 5) is 23.9. The van der Waals surface area contributed by atoms with Crippen LogP contribution in [0.3, 0.4) is 0 Å². The first-order valence-electron chi connectivity index (χ1n) is 18.3. The number of aliphatic hydroxyl groups excluding tert-OH is 1. The fourth-order valence-electron chi connectivity index (χ4n) is 6.67. The molecule has 1 saturated carbocycles. The Morgan fingerprint density at radius 1 is 0.702 bits per heavy atom. The molecule has 258 valence electrons. The molecule has 1 aliphatic rings. The van der Waals surface area contributed by atoms with Gasteiger partial charge in [-0.05, 0) is 91.4 Å². The van der Waals surface area contributed by atoms with E-state index >= 15 is 0 Å². The van der Waals surface area contributed by atoms with Crippen LogP contribution in [-0.4, -0.2) is 36.9 Å². The fraction of sp³-hybridized carbons (Fsp3) is 0.571. The zero-order chi connectivity index (χ0) is 33.9. The van der Waals surface area contributed by atoms with Crippen LogP contribution < -0.4 is 0 Å². The van der Waals surface area contributed by atoms with Gasteiger partial charge >= 0.3 is 11.9 Å². The van der Waals surface area contributed by atoms with Gasteiger partial charge in [0.1, 0.15) is 0 Å². The summed E-state index contributed by atoms with van der Waals surface area (Å²) in [6.07, 6.45) is 18.6. The van der Waals surface area contributed by atoms with Gasteiger partial charge in [-0.3, -0.25) is 0 Å². The van der Waals surface area contributed by atoms with Crippen LogP contribution in [0.5, 0.6) is 0 Å². The average Bonchev–Trinajstić information content (AvgIpc) is 3.10. The van der Waals surface area contributed by atoms with Crippen molar-refractivity contribution in [1.82, 2.24) is 0 Å².